The molecule has 17 nitrogen and oxygen atoms in total. The van der Waals surface area contributed by atoms with Crippen LogP contribution in [-0.4, -0.2) is 96.7 Å². The molecule has 0 rings (SSSR count). The Balaban J connectivity index is 5.23. The van der Waals surface area contributed by atoms with Gasteiger partial charge in [0.15, 0.2) is 12.2 Å². The van der Waals surface area contributed by atoms with Crippen LogP contribution < -0.4 is 0 Å². The van der Waals surface area contributed by atoms with E-state index in [2.05, 4.69) is 41.5 Å². The highest BCUT2D eigenvalue weighted by atomic mass is 31.2. The Kier molecular flexibility index (Phi) is 74.1. The zero-order chi connectivity index (χ0) is 75.6. The molecule has 0 aliphatic rings. The van der Waals surface area contributed by atoms with Crippen molar-refractivity contribution in [2.24, 2.45) is 11.8 Å². The number of phosphoric acid groups is 2. The lowest BCUT2D eigenvalue weighted by atomic mass is 9.99. The summed E-state index contributed by atoms with van der Waals surface area (Å²) in [6.45, 7) is 9.64. The van der Waals surface area contributed by atoms with Gasteiger partial charge in [0.2, 0.25) is 0 Å². The van der Waals surface area contributed by atoms with E-state index < -0.39 is 97.5 Å². The number of phosphoric ester groups is 2. The SMILES string of the molecule is CCCCCCCCCCCCCCCCCCCCCCCCC(=O)O[C@H](COC(=O)CCCCCCCCCCCCCCCCCC)COP(=O)(O)OC[C@@H](O)COP(=O)(O)OC[C@@H](COC(=O)CCCCCCCCCCC(C)C)OC(=O)CCCCCCCCCCCCC(C)CC. The Morgan fingerprint density at radius 3 is 0.738 bits per heavy atom. The summed E-state index contributed by atoms with van der Waals surface area (Å²) in [5.41, 5.74) is 0. The Morgan fingerprint density at radius 1 is 0.282 bits per heavy atom. The number of aliphatic hydroxyl groups is 1. The van der Waals surface area contributed by atoms with Crippen LogP contribution in [0.15, 0.2) is 0 Å². The van der Waals surface area contributed by atoms with Crippen molar-refractivity contribution < 1.29 is 80.2 Å². The standard InChI is InChI=1S/C84H164O17P2/c1-7-10-12-14-16-18-20-22-24-26-27-28-29-30-31-33-35-37-42-50-56-62-68-83(88)100-79(72-94-81(86)66-60-54-48-41-36-34-32-25-23-21-19-17-15-13-11-8-2)74-98-102(90,91)96-70-78(85)71-97-103(92,93)99-75-80(73-95-82(87)67-61-55-49-45-44-46-52-58-64-76(4)5)101-84(89)69-63-57-51-43-39-38-40-47-53-59-65-77(6)9-3/h76-80,85H,7-75H2,1-6H3,(H,90,91)(H,92,93)/t77?,78-,79-,80-/m1/s1. The zero-order valence-corrected chi connectivity index (χ0v) is 69.4. The molecule has 0 amide bonds. The average Bonchev–Trinajstić information content (AvgIpc) is 0.910. The summed E-state index contributed by atoms with van der Waals surface area (Å²) in [4.78, 5) is 73.1. The number of rotatable bonds is 83. The number of hydrogen-bond donors (Lipinski definition) is 3. The summed E-state index contributed by atoms with van der Waals surface area (Å²) in [5.74, 6) is -0.577. The first-order valence-electron chi connectivity index (χ1n) is 43.5. The predicted octanol–water partition coefficient (Wildman–Crippen LogP) is 25.5. The van der Waals surface area contributed by atoms with Gasteiger partial charge in [-0.3, -0.25) is 37.3 Å². The number of carbonyl (C=O) groups is 4. The molecule has 0 spiro atoms. The van der Waals surface area contributed by atoms with Gasteiger partial charge in [-0.15, -0.1) is 0 Å². The van der Waals surface area contributed by atoms with Crippen LogP contribution in [0.1, 0.15) is 446 Å². The summed E-state index contributed by atoms with van der Waals surface area (Å²) in [6, 6.07) is 0. The molecule has 0 aromatic heterocycles. The van der Waals surface area contributed by atoms with E-state index in [1.807, 2.05) is 0 Å². The topological polar surface area (TPSA) is 237 Å². The molecule has 0 saturated carbocycles. The molecule has 0 saturated heterocycles. The van der Waals surface area contributed by atoms with Crippen LogP contribution in [0.25, 0.3) is 0 Å². The molecule has 103 heavy (non-hydrogen) atoms. The van der Waals surface area contributed by atoms with Crippen molar-refractivity contribution in [2.75, 3.05) is 39.6 Å². The largest absolute Gasteiger partial charge is 0.472 e. The van der Waals surface area contributed by atoms with E-state index in [4.69, 9.17) is 37.0 Å². The first kappa shape index (κ1) is 101. The number of ether oxygens (including phenoxy) is 4. The fourth-order valence-electron chi connectivity index (χ4n) is 13.0. The smallest absolute Gasteiger partial charge is 0.462 e. The van der Waals surface area contributed by atoms with E-state index in [1.54, 1.807) is 0 Å². The van der Waals surface area contributed by atoms with Gasteiger partial charge in [-0.05, 0) is 37.5 Å². The molecule has 3 N–H and O–H groups in total. The lowest BCUT2D eigenvalue weighted by Crippen LogP contribution is -2.30. The summed E-state index contributed by atoms with van der Waals surface area (Å²) >= 11 is 0. The Hall–Kier alpha value is -1.94. The lowest BCUT2D eigenvalue weighted by Gasteiger charge is -2.21. The molecule has 6 atom stereocenters. The predicted molar refractivity (Wildman–Crippen MR) is 423 cm³/mol. The second-order valence-electron chi connectivity index (χ2n) is 30.9. The summed E-state index contributed by atoms with van der Waals surface area (Å²) < 4.78 is 68.8. The van der Waals surface area contributed by atoms with Crippen molar-refractivity contribution in [1.82, 2.24) is 0 Å². The second kappa shape index (κ2) is 75.5. The van der Waals surface area contributed by atoms with E-state index >= 15 is 0 Å². The van der Waals surface area contributed by atoms with Crippen molar-refractivity contribution in [3.8, 4) is 0 Å². The van der Waals surface area contributed by atoms with Gasteiger partial charge in [-0.1, -0.05) is 395 Å². The van der Waals surface area contributed by atoms with Gasteiger partial charge < -0.3 is 33.8 Å². The van der Waals surface area contributed by atoms with Gasteiger partial charge in [-0.25, -0.2) is 9.13 Å². The van der Waals surface area contributed by atoms with Crippen LogP contribution >= 0.6 is 15.6 Å². The van der Waals surface area contributed by atoms with Crippen LogP contribution in [-0.2, 0) is 65.4 Å². The normalized spacial score (nSPS) is 14.1. The molecular weight excluding hydrogens is 1340 g/mol. The molecule has 612 valence electrons. The number of esters is 4. The number of hydrogen-bond acceptors (Lipinski definition) is 15. The molecule has 0 aliphatic carbocycles. The van der Waals surface area contributed by atoms with Gasteiger partial charge in [0.25, 0.3) is 0 Å². The lowest BCUT2D eigenvalue weighted by molar-refractivity contribution is -0.161. The van der Waals surface area contributed by atoms with Crippen LogP contribution in [0, 0.1) is 11.8 Å². The van der Waals surface area contributed by atoms with Crippen molar-refractivity contribution >= 4 is 39.5 Å². The van der Waals surface area contributed by atoms with Crippen LogP contribution in [0.3, 0.4) is 0 Å². The molecule has 0 bridgehead atoms. The monoisotopic (exact) mass is 1510 g/mol. The van der Waals surface area contributed by atoms with Gasteiger partial charge in [0.1, 0.15) is 19.3 Å². The minimum absolute atomic E-state index is 0.106. The molecule has 0 heterocycles. The maximum atomic E-state index is 13.1. The van der Waals surface area contributed by atoms with E-state index in [-0.39, 0.29) is 25.7 Å². The summed E-state index contributed by atoms with van der Waals surface area (Å²) in [5, 5.41) is 10.7. The first-order chi connectivity index (χ1) is 49.9. The van der Waals surface area contributed by atoms with E-state index in [0.717, 1.165) is 102 Å². The number of unbranched alkanes of at least 4 members (excludes halogenated alkanes) is 52. The van der Waals surface area contributed by atoms with E-state index in [1.165, 1.54) is 263 Å². The maximum absolute atomic E-state index is 13.1. The third-order valence-electron chi connectivity index (χ3n) is 20.1. The highest BCUT2D eigenvalue weighted by Gasteiger charge is 2.30. The average molecular weight is 1510 g/mol. The maximum Gasteiger partial charge on any atom is 0.472 e. The quantitative estimate of drug-likeness (QED) is 0.0222. The van der Waals surface area contributed by atoms with Crippen LogP contribution in [0.2, 0.25) is 0 Å². The third-order valence-corrected chi connectivity index (χ3v) is 22.0. The highest BCUT2D eigenvalue weighted by Crippen LogP contribution is 2.45. The molecule has 3 unspecified atom stereocenters. The zero-order valence-electron chi connectivity index (χ0n) is 67.6. The van der Waals surface area contributed by atoms with Crippen molar-refractivity contribution in [1.29, 1.82) is 0 Å². The fourth-order valence-corrected chi connectivity index (χ4v) is 14.6. The van der Waals surface area contributed by atoms with E-state index in [0.29, 0.717) is 25.7 Å². The highest BCUT2D eigenvalue weighted by molar-refractivity contribution is 7.47. The first-order valence-corrected chi connectivity index (χ1v) is 46.5. The Labute approximate surface area is 632 Å². The van der Waals surface area contributed by atoms with Gasteiger partial charge in [-0.2, -0.15) is 0 Å². The summed E-state index contributed by atoms with van der Waals surface area (Å²) in [7, 11) is -9.92. The minimum atomic E-state index is -4.96. The molecular formula is C84H164O17P2. The third kappa shape index (κ3) is 76.6. The fraction of sp³-hybridized carbons (Fsp3) is 0.952. The van der Waals surface area contributed by atoms with Gasteiger partial charge >= 0.3 is 39.5 Å². The van der Waals surface area contributed by atoms with Crippen LogP contribution in [0.4, 0.5) is 0 Å². The summed E-state index contributed by atoms with van der Waals surface area (Å²) in [6.07, 6.45) is 66.7. The molecule has 0 radical (unpaired) electrons. The Morgan fingerprint density at radius 2 is 0.495 bits per heavy atom. The molecule has 0 aromatic rings. The number of carbonyl (C=O) groups excluding carboxylic acids is 4. The Bertz CT molecular complexity index is 1980. The van der Waals surface area contributed by atoms with Gasteiger partial charge in [0.05, 0.1) is 26.4 Å². The van der Waals surface area contributed by atoms with Crippen molar-refractivity contribution in [3.63, 3.8) is 0 Å². The van der Waals surface area contributed by atoms with E-state index in [9.17, 15) is 43.2 Å². The second-order valence-corrected chi connectivity index (χ2v) is 33.8. The van der Waals surface area contributed by atoms with Crippen molar-refractivity contribution in [2.45, 2.75) is 464 Å². The molecule has 0 fully saturated rings. The minimum Gasteiger partial charge on any atom is -0.462 e. The van der Waals surface area contributed by atoms with Crippen molar-refractivity contribution in [3.05, 3.63) is 0 Å². The molecule has 0 aromatic carbocycles. The van der Waals surface area contributed by atoms with Crippen LogP contribution in [0.5, 0.6) is 0 Å². The molecule has 19 heteroatoms. The molecule has 0 aliphatic heterocycles. The van der Waals surface area contributed by atoms with Gasteiger partial charge in [0, 0.05) is 25.7 Å². The number of aliphatic hydroxyl groups excluding tert-OH is 1.